The summed E-state index contributed by atoms with van der Waals surface area (Å²) in [6.45, 7) is 2.69. The third-order valence-corrected chi connectivity index (χ3v) is 5.87. The molecule has 0 radical (unpaired) electrons. The van der Waals surface area contributed by atoms with E-state index in [0.29, 0.717) is 12.2 Å². The number of amides is 1. The number of carbonyl (C=O) groups excluding carboxylic acids is 1. The maximum absolute atomic E-state index is 13.0. The van der Waals surface area contributed by atoms with Gasteiger partial charge in [0.15, 0.2) is 0 Å². The summed E-state index contributed by atoms with van der Waals surface area (Å²) in [7, 11) is 1.85. The van der Waals surface area contributed by atoms with Crippen LogP contribution in [0.3, 0.4) is 0 Å². The van der Waals surface area contributed by atoms with Gasteiger partial charge in [0.25, 0.3) is 5.91 Å². The normalized spacial score (nSPS) is 18.3. The van der Waals surface area contributed by atoms with E-state index >= 15 is 0 Å². The van der Waals surface area contributed by atoms with Crippen LogP contribution in [0.4, 0.5) is 5.82 Å². The van der Waals surface area contributed by atoms with E-state index in [9.17, 15) is 4.79 Å². The molecule has 0 bridgehead atoms. The predicted molar refractivity (Wildman–Crippen MR) is 120 cm³/mol. The first-order valence-corrected chi connectivity index (χ1v) is 10.8. The third kappa shape index (κ3) is 4.94. The quantitative estimate of drug-likeness (QED) is 0.611. The average molecular weight is 420 g/mol. The standard InChI is InChI=1S/C24H29N5O2/c1-3-16-7-9-17(10-8-16)15-31-22-6-4-5-21(22)28-24(30)20-11-18(12-26-23(20)25)19-13-27-29(2)14-19/h7-14,21-22H,3-6,15H2,1-2H3,(H2,25,26)(H,28,30)/t21-,22-/m0/s1. The lowest BCUT2D eigenvalue weighted by Gasteiger charge is -2.22. The van der Waals surface area contributed by atoms with Gasteiger partial charge in [0.05, 0.1) is 30.5 Å². The van der Waals surface area contributed by atoms with Gasteiger partial charge in [0.2, 0.25) is 0 Å². The van der Waals surface area contributed by atoms with Gasteiger partial charge in [0.1, 0.15) is 5.82 Å². The molecular weight excluding hydrogens is 390 g/mol. The lowest BCUT2D eigenvalue weighted by molar-refractivity contribution is 0.0272. The Morgan fingerprint density at radius 2 is 1.97 bits per heavy atom. The molecule has 1 amide bonds. The van der Waals surface area contributed by atoms with Crippen molar-refractivity contribution < 1.29 is 9.53 Å². The number of rotatable bonds is 7. The van der Waals surface area contributed by atoms with E-state index in [1.165, 1.54) is 5.56 Å². The highest BCUT2D eigenvalue weighted by atomic mass is 16.5. The van der Waals surface area contributed by atoms with Crippen molar-refractivity contribution in [1.82, 2.24) is 20.1 Å². The monoisotopic (exact) mass is 419 g/mol. The molecule has 4 rings (SSSR count). The Labute approximate surface area is 182 Å². The number of anilines is 1. The molecule has 3 aromatic rings. The van der Waals surface area contributed by atoms with Gasteiger partial charge in [-0.05, 0) is 42.9 Å². The van der Waals surface area contributed by atoms with Crippen LogP contribution < -0.4 is 11.1 Å². The van der Waals surface area contributed by atoms with Crippen LogP contribution in [-0.4, -0.2) is 32.8 Å². The van der Waals surface area contributed by atoms with E-state index in [4.69, 9.17) is 10.5 Å². The predicted octanol–water partition coefficient (Wildman–Crippen LogP) is 3.49. The Hall–Kier alpha value is -3.19. The molecule has 1 aliphatic carbocycles. The first-order chi connectivity index (χ1) is 15.0. The molecule has 3 N–H and O–H groups in total. The van der Waals surface area contributed by atoms with Gasteiger partial charge < -0.3 is 15.8 Å². The van der Waals surface area contributed by atoms with Crippen LogP contribution in [0, 0.1) is 0 Å². The summed E-state index contributed by atoms with van der Waals surface area (Å²) in [4.78, 5) is 17.2. The second kappa shape index (κ2) is 9.31. The van der Waals surface area contributed by atoms with Gasteiger partial charge in [0, 0.05) is 30.6 Å². The molecule has 7 nitrogen and oxygen atoms in total. The van der Waals surface area contributed by atoms with Crippen LogP contribution in [0.1, 0.15) is 47.7 Å². The molecule has 31 heavy (non-hydrogen) atoms. The van der Waals surface area contributed by atoms with Crippen LogP contribution >= 0.6 is 0 Å². The number of aryl methyl sites for hydroxylation is 2. The fourth-order valence-corrected chi connectivity index (χ4v) is 4.00. The minimum atomic E-state index is -0.219. The number of carbonyl (C=O) groups is 1. The Morgan fingerprint density at radius 1 is 1.19 bits per heavy atom. The number of hydrogen-bond acceptors (Lipinski definition) is 5. The number of hydrogen-bond donors (Lipinski definition) is 2. The van der Waals surface area contributed by atoms with Crippen LogP contribution in [0.2, 0.25) is 0 Å². The van der Waals surface area contributed by atoms with Crippen molar-refractivity contribution in [3.63, 3.8) is 0 Å². The molecule has 7 heteroatoms. The second-order valence-corrected chi connectivity index (χ2v) is 8.09. The maximum Gasteiger partial charge on any atom is 0.255 e. The van der Waals surface area contributed by atoms with E-state index in [0.717, 1.165) is 42.4 Å². The molecule has 0 unspecified atom stereocenters. The lowest BCUT2D eigenvalue weighted by Crippen LogP contribution is -2.41. The number of benzene rings is 1. The highest BCUT2D eigenvalue weighted by Crippen LogP contribution is 2.25. The number of nitrogens with two attached hydrogens (primary N) is 1. The summed E-state index contributed by atoms with van der Waals surface area (Å²) in [5.74, 6) is 0.000147. The summed E-state index contributed by atoms with van der Waals surface area (Å²) in [6.07, 6.45) is 9.14. The van der Waals surface area contributed by atoms with Gasteiger partial charge in [-0.25, -0.2) is 4.98 Å². The molecule has 0 aliphatic heterocycles. The van der Waals surface area contributed by atoms with Crippen LogP contribution in [-0.2, 0) is 24.8 Å². The Bertz CT molecular complexity index is 1040. The molecule has 1 fully saturated rings. The topological polar surface area (TPSA) is 95.1 Å². The molecular formula is C24H29N5O2. The maximum atomic E-state index is 13.0. The minimum absolute atomic E-state index is 0.00880. The van der Waals surface area contributed by atoms with Crippen molar-refractivity contribution in [3.8, 4) is 11.1 Å². The Morgan fingerprint density at radius 3 is 2.68 bits per heavy atom. The summed E-state index contributed by atoms with van der Waals surface area (Å²) in [6, 6.07) is 10.2. The van der Waals surface area contributed by atoms with E-state index in [1.54, 1.807) is 23.1 Å². The Kier molecular flexibility index (Phi) is 6.32. The number of nitrogen functional groups attached to an aromatic ring is 1. The summed E-state index contributed by atoms with van der Waals surface area (Å²) in [5.41, 5.74) is 10.6. The van der Waals surface area contributed by atoms with Crippen molar-refractivity contribution in [2.75, 3.05) is 5.73 Å². The van der Waals surface area contributed by atoms with Gasteiger partial charge >= 0.3 is 0 Å². The van der Waals surface area contributed by atoms with Gasteiger partial charge in [-0.3, -0.25) is 9.48 Å². The molecule has 1 aromatic carbocycles. The van der Waals surface area contributed by atoms with E-state index < -0.39 is 0 Å². The summed E-state index contributed by atoms with van der Waals surface area (Å²) in [5, 5.41) is 7.30. The summed E-state index contributed by atoms with van der Waals surface area (Å²) >= 11 is 0. The van der Waals surface area contributed by atoms with Crippen LogP contribution in [0.5, 0.6) is 0 Å². The molecule has 0 saturated heterocycles. The van der Waals surface area contributed by atoms with E-state index in [2.05, 4.69) is 46.6 Å². The molecule has 0 spiro atoms. The molecule has 1 aliphatic rings. The zero-order chi connectivity index (χ0) is 21.8. The van der Waals surface area contributed by atoms with Crippen molar-refractivity contribution in [3.05, 3.63) is 65.6 Å². The van der Waals surface area contributed by atoms with Gasteiger partial charge in [-0.1, -0.05) is 31.2 Å². The first kappa shape index (κ1) is 21.1. The molecule has 1 saturated carbocycles. The fourth-order valence-electron chi connectivity index (χ4n) is 4.00. The second-order valence-electron chi connectivity index (χ2n) is 8.09. The van der Waals surface area contributed by atoms with Gasteiger partial charge in [-0.2, -0.15) is 5.10 Å². The highest BCUT2D eigenvalue weighted by molar-refractivity contribution is 5.99. The zero-order valence-electron chi connectivity index (χ0n) is 18.0. The molecule has 2 atom stereocenters. The third-order valence-electron chi connectivity index (χ3n) is 5.87. The number of ether oxygens (including phenoxy) is 1. The largest absolute Gasteiger partial charge is 0.383 e. The number of nitrogens with one attached hydrogen (secondary N) is 1. The highest BCUT2D eigenvalue weighted by Gasteiger charge is 2.30. The molecule has 162 valence electrons. The van der Waals surface area contributed by atoms with Crippen LogP contribution in [0.25, 0.3) is 11.1 Å². The minimum Gasteiger partial charge on any atom is -0.383 e. The SMILES string of the molecule is CCc1ccc(CO[C@H]2CCC[C@@H]2NC(=O)c2cc(-c3cnn(C)c3)cnc2N)cc1. The smallest absolute Gasteiger partial charge is 0.255 e. The molecule has 2 aromatic heterocycles. The zero-order valence-corrected chi connectivity index (χ0v) is 18.0. The number of aromatic nitrogens is 3. The fraction of sp³-hybridized carbons (Fsp3) is 0.375. The van der Waals surface area contributed by atoms with Crippen molar-refractivity contribution >= 4 is 11.7 Å². The first-order valence-electron chi connectivity index (χ1n) is 10.8. The van der Waals surface area contributed by atoms with E-state index in [1.807, 2.05) is 13.2 Å². The number of pyridine rings is 1. The lowest BCUT2D eigenvalue weighted by atomic mass is 10.1. The van der Waals surface area contributed by atoms with Crippen molar-refractivity contribution in [2.24, 2.45) is 7.05 Å². The van der Waals surface area contributed by atoms with E-state index in [-0.39, 0.29) is 23.9 Å². The average Bonchev–Trinajstić information content (AvgIpc) is 3.41. The van der Waals surface area contributed by atoms with Crippen molar-refractivity contribution in [1.29, 1.82) is 0 Å². The van der Waals surface area contributed by atoms with Crippen molar-refractivity contribution in [2.45, 2.75) is 51.4 Å². The molecule has 2 heterocycles. The van der Waals surface area contributed by atoms with Crippen LogP contribution in [0.15, 0.2) is 48.9 Å². The number of nitrogens with zero attached hydrogens (tertiary/aromatic N) is 3. The Balaban J connectivity index is 1.41. The summed E-state index contributed by atoms with van der Waals surface area (Å²) < 4.78 is 7.88. The van der Waals surface area contributed by atoms with Gasteiger partial charge in [-0.15, -0.1) is 0 Å².